The highest BCUT2D eigenvalue weighted by molar-refractivity contribution is 6.06. The smallest absolute Gasteiger partial charge is 0.270 e. The maximum absolute atomic E-state index is 12.4. The fourth-order valence-electron chi connectivity index (χ4n) is 2.38. The van der Waals surface area contributed by atoms with Gasteiger partial charge in [0.25, 0.3) is 11.6 Å². The number of carbonyl (C=O) groups is 2. The van der Waals surface area contributed by atoms with Crippen molar-refractivity contribution in [2.45, 2.75) is 32.7 Å². The summed E-state index contributed by atoms with van der Waals surface area (Å²) in [4.78, 5) is 48.7. The number of amides is 2. The fourth-order valence-corrected chi connectivity index (χ4v) is 2.38. The van der Waals surface area contributed by atoms with Crippen LogP contribution in [-0.4, -0.2) is 34.3 Å². The molecule has 2 amide bonds. The molecule has 1 aromatic carbocycles. The molecule has 0 aliphatic rings. The Labute approximate surface area is 148 Å². The first-order valence-electron chi connectivity index (χ1n) is 8.20. The van der Waals surface area contributed by atoms with E-state index in [1.165, 1.54) is 18.2 Å². The van der Waals surface area contributed by atoms with E-state index in [0.29, 0.717) is 5.52 Å². The summed E-state index contributed by atoms with van der Waals surface area (Å²) in [5.41, 5.74) is -0.338. The molecule has 0 spiro atoms. The summed E-state index contributed by atoms with van der Waals surface area (Å²) in [6.07, 6.45) is 0.896. The van der Waals surface area contributed by atoms with E-state index in [2.05, 4.69) is 15.6 Å². The van der Waals surface area contributed by atoms with Gasteiger partial charge in [-0.15, -0.1) is 0 Å². The lowest BCUT2D eigenvalue weighted by Gasteiger charge is -2.12. The van der Waals surface area contributed by atoms with Crippen molar-refractivity contribution in [1.82, 2.24) is 15.6 Å². The van der Waals surface area contributed by atoms with Crippen molar-refractivity contribution < 1.29 is 14.5 Å². The molecule has 9 heteroatoms. The first-order chi connectivity index (χ1) is 12.3. The summed E-state index contributed by atoms with van der Waals surface area (Å²) in [6.45, 7) is 3.92. The van der Waals surface area contributed by atoms with Crippen molar-refractivity contribution in [2.24, 2.45) is 0 Å². The molecule has 2 rings (SSSR count). The van der Waals surface area contributed by atoms with Crippen LogP contribution in [0.2, 0.25) is 0 Å². The molecule has 1 aromatic heterocycles. The van der Waals surface area contributed by atoms with Gasteiger partial charge in [-0.2, -0.15) is 0 Å². The summed E-state index contributed by atoms with van der Waals surface area (Å²) in [5.74, 6) is -0.760. The van der Waals surface area contributed by atoms with Gasteiger partial charge in [0.15, 0.2) is 0 Å². The third-order valence-electron chi connectivity index (χ3n) is 3.94. The summed E-state index contributed by atoms with van der Waals surface area (Å²) >= 11 is 0. The minimum atomic E-state index is -0.578. The van der Waals surface area contributed by atoms with Crippen LogP contribution in [0.25, 0.3) is 10.9 Å². The number of fused-ring (bicyclic) bond motifs is 1. The van der Waals surface area contributed by atoms with E-state index in [1.807, 2.05) is 13.8 Å². The van der Waals surface area contributed by atoms with Crippen LogP contribution in [0.4, 0.5) is 5.69 Å². The molecular weight excluding hydrogens is 340 g/mol. The van der Waals surface area contributed by atoms with Gasteiger partial charge in [-0.1, -0.05) is 6.92 Å². The van der Waals surface area contributed by atoms with Gasteiger partial charge in [0.2, 0.25) is 11.5 Å². The second-order valence-electron chi connectivity index (χ2n) is 5.92. The number of aromatic nitrogens is 1. The van der Waals surface area contributed by atoms with Crippen LogP contribution in [0.3, 0.4) is 0 Å². The maximum Gasteiger partial charge on any atom is 0.270 e. The van der Waals surface area contributed by atoms with E-state index in [1.54, 1.807) is 0 Å². The number of nitro benzene ring substituents is 1. The minimum absolute atomic E-state index is 0.0229. The highest BCUT2D eigenvalue weighted by Gasteiger charge is 2.15. The van der Waals surface area contributed by atoms with Crippen molar-refractivity contribution in [1.29, 1.82) is 0 Å². The molecule has 0 saturated heterocycles. The van der Waals surface area contributed by atoms with Crippen LogP contribution in [0, 0.1) is 10.1 Å². The molecule has 2 aromatic rings. The molecule has 26 heavy (non-hydrogen) atoms. The van der Waals surface area contributed by atoms with E-state index in [4.69, 9.17) is 0 Å². The highest BCUT2D eigenvalue weighted by atomic mass is 16.6. The Morgan fingerprint density at radius 2 is 2.04 bits per heavy atom. The molecule has 0 saturated carbocycles. The zero-order chi connectivity index (χ0) is 19.3. The minimum Gasteiger partial charge on any atom is -0.354 e. The third kappa shape index (κ3) is 4.65. The molecule has 0 aliphatic carbocycles. The van der Waals surface area contributed by atoms with Crippen LogP contribution in [0.15, 0.2) is 29.1 Å². The number of aromatic amines is 1. The number of rotatable bonds is 7. The number of pyridine rings is 1. The molecular formula is C17H20N4O5. The molecule has 1 atom stereocenters. The van der Waals surface area contributed by atoms with E-state index in [-0.39, 0.29) is 41.6 Å². The molecule has 0 radical (unpaired) electrons. The normalized spacial score (nSPS) is 11.8. The van der Waals surface area contributed by atoms with Crippen LogP contribution in [-0.2, 0) is 4.79 Å². The van der Waals surface area contributed by atoms with Crippen molar-refractivity contribution in [3.8, 4) is 0 Å². The molecule has 1 heterocycles. The van der Waals surface area contributed by atoms with Crippen molar-refractivity contribution in [2.75, 3.05) is 6.54 Å². The van der Waals surface area contributed by atoms with E-state index in [9.17, 15) is 24.5 Å². The molecule has 0 aliphatic heterocycles. The van der Waals surface area contributed by atoms with Gasteiger partial charge in [-0.25, -0.2) is 0 Å². The molecule has 1 unspecified atom stereocenters. The average molecular weight is 360 g/mol. The van der Waals surface area contributed by atoms with Gasteiger partial charge in [0.05, 0.1) is 10.5 Å². The Morgan fingerprint density at radius 3 is 2.69 bits per heavy atom. The number of nitro groups is 1. The Hall–Kier alpha value is -3.23. The Balaban J connectivity index is 2.16. The van der Waals surface area contributed by atoms with E-state index >= 15 is 0 Å². The SMILES string of the molecule is CCC(C)NC(=O)CCNC(=O)c1cc(=O)[nH]c2ccc([N+](=O)[O-])cc12. The number of H-pyrrole nitrogens is 1. The van der Waals surface area contributed by atoms with Crippen LogP contribution in [0.5, 0.6) is 0 Å². The summed E-state index contributed by atoms with van der Waals surface area (Å²) in [7, 11) is 0. The quantitative estimate of drug-likeness (QED) is 0.508. The van der Waals surface area contributed by atoms with Crippen molar-refractivity contribution in [3.05, 3.63) is 50.3 Å². The number of hydrogen-bond donors (Lipinski definition) is 3. The zero-order valence-corrected chi connectivity index (χ0v) is 14.5. The number of hydrogen-bond acceptors (Lipinski definition) is 5. The first kappa shape index (κ1) is 19.1. The number of nitrogens with one attached hydrogen (secondary N) is 3. The Morgan fingerprint density at radius 1 is 1.31 bits per heavy atom. The van der Waals surface area contributed by atoms with E-state index < -0.39 is 16.4 Å². The standard InChI is InChI=1S/C17H20N4O5/c1-3-10(2)19-15(22)6-7-18-17(24)13-9-16(23)20-14-5-4-11(21(25)26)8-12(13)14/h4-5,8-10H,3,6-7H2,1-2H3,(H,18,24)(H,19,22)(H,20,23). The average Bonchev–Trinajstić information content (AvgIpc) is 2.60. The summed E-state index contributed by atoms with van der Waals surface area (Å²) in [6, 6.07) is 5.00. The van der Waals surface area contributed by atoms with Crippen molar-refractivity contribution in [3.63, 3.8) is 0 Å². The Bertz CT molecular complexity index is 906. The van der Waals surface area contributed by atoms with Crippen LogP contribution < -0.4 is 16.2 Å². The van der Waals surface area contributed by atoms with Crippen LogP contribution >= 0.6 is 0 Å². The lowest BCUT2D eigenvalue weighted by atomic mass is 10.1. The first-order valence-corrected chi connectivity index (χ1v) is 8.20. The van der Waals surface area contributed by atoms with Gasteiger partial charge in [-0.3, -0.25) is 24.5 Å². The second kappa shape index (κ2) is 8.24. The zero-order valence-electron chi connectivity index (χ0n) is 14.5. The predicted octanol–water partition coefficient (Wildman–Crippen LogP) is 1.47. The molecule has 3 N–H and O–H groups in total. The van der Waals surface area contributed by atoms with Gasteiger partial charge in [0.1, 0.15) is 0 Å². The van der Waals surface area contributed by atoms with Crippen LogP contribution in [0.1, 0.15) is 37.0 Å². The maximum atomic E-state index is 12.4. The fraction of sp³-hybridized carbons (Fsp3) is 0.353. The monoisotopic (exact) mass is 360 g/mol. The predicted molar refractivity (Wildman–Crippen MR) is 96.1 cm³/mol. The van der Waals surface area contributed by atoms with Gasteiger partial charge in [-0.05, 0) is 19.4 Å². The largest absolute Gasteiger partial charge is 0.354 e. The third-order valence-corrected chi connectivity index (χ3v) is 3.94. The number of benzene rings is 1. The van der Waals surface area contributed by atoms with E-state index in [0.717, 1.165) is 12.5 Å². The van der Waals surface area contributed by atoms with Gasteiger partial charge < -0.3 is 15.6 Å². The van der Waals surface area contributed by atoms with Gasteiger partial charge in [0, 0.05) is 48.1 Å². The summed E-state index contributed by atoms with van der Waals surface area (Å²) < 4.78 is 0. The number of non-ortho nitro benzene ring substituents is 1. The van der Waals surface area contributed by atoms with Gasteiger partial charge >= 0.3 is 0 Å². The highest BCUT2D eigenvalue weighted by Crippen LogP contribution is 2.21. The lowest BCUT2D eigenvalue weighted by Crippen LogP contribution is -2.35. The number of carbonyl (C=O) groups excluding carboxylic acids is 2. The molecule has 0 bridgehead atoms. The molecule has 0 fully saturated rings. The number of nitrogens with zero attached hydrogens (tertiary/aromatic N) is 1. The Kier molecular flexibility index (Phi) is 6.05. The second-order valence-corrected chi connectivity index (χ2v) is 5.92. The topological polar surface area (TPSA) is 134 Å². The van der Waals surface area contributed by atoms with Crippen molar-refractivity contribution >= 4 is 28.4 Å². The molecule has 138 valence electrons. The molecule has 9 nitrogen and oxygen atoms in total. The summed E-state index contributed by atoms with van der Waals surface area (Å²) in [5, 5.41) is 16.6. The lowest BCUT2D eigenvalue weighted by molar-refractivity contribution is -0.384.